The van der Waals surface area contributed by atoms with Crippen LogP contribution >= 0.6 is 0 Å². The van der Waals surface area contributed by atoms with Crippen molar-refractivity contribution in [3.63, 3.8) is 0 Å². The summed E-state index contributed by atoms with van der Waals surface area (Å²) in [6.45, 7) is 4.41. The van der Waals surface area contributed by atoms with Crippen LogP contribution in [0.2, 0.25) is 0 Å². The summed E-state index contributed by atoms with van der Waals surface area (Å²) in [5.74, 6) is 1.47. The predicted molar refractivity (Wildman–Crippen MR) is 57.3 cm³/mol. The molecule has 1 atom stereocenters. The molecule has 0 fully saturated rings. The SMILES string of the molecule is Cc1cc(NC(=O)CCC(C)CN)no1. The molecule has 84 valence electrons. The van der Waals surface area contributed by atoms with E-state index in [1.165, 1.54) is 0 Å². The van der Waals surface area contributed by atoms with Crippen molar-refractivity contribution in [3.8, 4) is 0 Å². The van der Waals surface area contributed by atoms with Crippen molar-refractivity contribution in [3.05, 3.63) is 11.8 Å². The van der Waals surface area contributed by atoms with Gasteiger partial charge in [0, 0.05) is 12.5 Å². The molecule has 0 aliphatic heterocycles. The van der Waals surface area contributed by atoms with E-state index in [4.69, 9.17) is 10.3 Å². The third-order valence-corrected chi connectivity index (χ3v) is 2.16. The predicted octanol–water partition coefficient (Wildman–Crippen LogP) is 1.30. The summed E-state index contributed by atoms with van der Waals surface area (Å²) in [5, 5.41) is 6.33. The Bertz CT molecular complexity index is 322. The Morgan fingerprint density at radius 2 is 2.47 bits per heavy atom. The average Bonchev–Trinajstić information content (AvgIpc) is 2.60. The normalized spacial score (nSPS) is 12.5. The molecule has 0 spiro atoms. The van der Waals surface area contributed by atoms with Gasteiger partial charge in [0.15, 0.2) is 5.82 Å². The van der Waals surface area contributed by atoms with Crippen molar-refractivity contribution < 1.29 is 9.32 Å². The van der Waals surface area contributed by atoms with E-state index in [-0.39, 0.29) is 5.91 Å². The summed E-state index contributed by atoms with van der Waals surface area (Å²) in [4.78, 5) is 11.4. The van der Waals surface area contributed by atoms with E-state index >= 15 is 0 Å². The summed E-state index contributed by atoms with van der Waals surface area (Å²) < 4.78 is 4.83. The van der Waals surface area contributed by atoms with Gasteiger partial charge in [0.2, 0.25) is 5.91 Å². The Hall–Kier alpha value is -1.36. The van der Waals surface area contributed by atoms with E-state index in [2.05, 4.69) is 10.5 Å². The fourth-order valence-electron chi connectivity index (χ4n) is 1.13. The summed E-state index contributed by atoms with van der Waals surface area (Å²) in [6, 6.07) is 1.68. The minimum absolute atomic E-state index is 0.0522. The van der Waals surface area contributed by atoms with Crippen molar-refractivity contribution in [1.82, 2.24) is 5.16 Å². The minimum atomic E-state index is -0.0522. The van der Waals surface area contributed by atoms with Gasteiger partial charge in [-0.3, -0.25) is 4.79 Å². The zero-order chi connectivity index (χ0) is 11.3. The maximum absolute atomic E-state index is 11.4. The highest BCUT2D eigenvalue weighted by molar-refractivity contribution is 5.89. The highest BCUT2D eigenvalue weighted by atomic mass is 16.5. The number of rotatable bonds is 5. The standard InChI is InChI=1S/C10H17N3O2/c1-7(6-11)3-4-10(14)12-9-5-8(2)15-13-9/h5,7H,3-4,6,11H2,1-2H3,(H,12,13,14). The molecule has 0 saturated heterocycles. The molecule has 0 aliphatic carbocycles. The molecular formula is C10H17N3O2. The van der Waals surface area contributed by atoms with Crippen LogP contribution in [0.25, 0.3) is 0 Å². The van der Waals surface area contributed by atoms with Gasteiger partial charge in [0.25, 0.3) is 0 Å². The van der Waals surface area contributed by atoms with E-state index < -0.39 is 0 Å². The van der Waals surface area contributed by atoms with Gasteiger partial charge in [-0.25, -0.2) is 0 Å². The fraction of sp³-hybridized carbons (Fsp3) is 0.600. The molecule has 1 unspecified atom stereocenters. The topological polar surface area (TPSA) is 81.2 Å². The Balaban J connectivity index is 2.30. The summed E-state index contributed by atoms with van der Waals surface area (Å²) in [6.07, 6.45) is 1.25. The molecule has 1 heterocycles. The molecule has 5 nitrogen and oxygen atoms in total. The highest BCUT2D eigenvalue weighted by Crippen LogP contribution is 2.09. The van der Waals surface area contributed by atoms with Gasteiger partial charge in [0.05, 0.1) is 0 Å². The number of aryl methyl sites for hydroxylation is 1. The molecule has 0 radical (unpaired) electrons. The van der Waals surface area contributed by atoms with Crippen molar-refractivity contribution in [2.24, 2.45) is 11.7 Å². The molecular weight excluding hydrogens is 194 g/mol. The maximum Gasteiger partial charge on any atom is 0.225 e. The number of nitrogens with two attached hydrogens (primary N) is 1. The highest BCUT2D eigenvalue weighted by Gasteiger charge is 2.07. The molecule has 0 bridgehead atoms. The summed E-state index contributed by atoms with van der Waals surface area (Å²) in [7, 11) is 0. The molecule has 1 aromatic heterocycles. The minimum Gasteiger partial charge on any atom is -0.360 e. The van der Waals surface area contributed by atoms with Crippen LogP contribution in [0, 0.1) is 12.8 Å². The number of aromatic nitrogens is 1. The first kappa shape index (κ1) is 11.7. The molecule has 0 aromatic carbocycles. The average molecular weight is 211 g/mol. The zero-order valence-corrected chi connectivity index (χ0v) is 9.12. The molecule has 0 aliphatic rings. The molecule has 5 heteroatoms. The largest absolute Gasteiger partial charge is 0.360 e. The van der Waals surface area contributed by atoms with Crippen LogP contribution in [-0.2, 0) is 4.79 Å². The lowest BCUT2D eigenvalue weighted by molar-refractivity contribution is -0.116. The smallest absolute Gasteiger partial charge is 0.225 e. The van der Waals surface area contributed by atoms with Crippen molar-refractivity contribution in [2.45, 2.75) is 26.7 Å². The maximum atomic E-state index is 11.4. The third kappa shape index (κ3) is 4.12. The van der Waals surface area contributed by atoms with Crippen molar-refractivity contribution in [1.29, 1.82) is 0 Å². The van der Waals surface area contributed by atoms with Gasteiger partial charge in [-0.05, 0) is 25.8 Å². The monoisotopic (exact) mass is 211 g/mol. The first-order valence-electron chi connectivity index (χ1n) is 5.05. The lowest BCUT2D eigenvalue weighted by Crippen LogP contribution is -2.16. The van der Waals surface area contributed by atoms with E-state index in [1.807, 2.05) is 6.92 Å². The number of amides is 1. The van der Waals surface area contributed by atoms with Crippen LogP contribution in [0.3, 0.4) is 0 Å². The number of carbonyl (C=O) groups is 1. The van der Waals surface area contributed by atoms with Gasteiger partial charge >= 0.3 is 0 Å². The third-order valence-electron chi connectivity index (χ3n) is 2.16. The van der Waals surface area contributed by atoms with Crippen LogP contribution in [-0.4, -0.2) is 17.6 Å². The summed E-state index contributed by atoms with van der Waals surface area (Å²) >= 11 is 0. The number of nitrogens with zero attached hydrogens (tertiary/aromatic N) is 1. The van der Waals surface area contributed by atoms with Gasteiger partial charge in [0.1, 0.15) is 5.76 Å². The van der Waals surface area contributed by atoms with Crippen LogP contribution in [0.4, 0.5) is 5.82 Å². The van der Waals surface area contributed by atoms with E-state index in [9.17, 15) is 4.79 Å². The van der Waals surface area contributed by atoms with Crippen molar-refractivity contribution in [2.75, 3.05) is 11.9 Å². The van der Waals surface area contributed by atoms with Crippen LogP contribution in [0.5, 0.6) is 0 Å². The molecule has 1 amide bonds. The van der Waals surface area contributed by atoms with Crippen molar-refractivity contribution >= 4 is 11.7 Å². The molecule has 0 saturated carbocycles. The molecule has 1 rings (SSSR count). The van der Waals surface area contributed by atoms with Crippen LogP contribution in [0.1, 0.15) is 25.5 Å². The van der Waals surface area contributed by atoms with Gasteiger partial charge in [-0.1, -0.05) is 12.1 Å². The second-order valence-corrected chi connectivity index (χ2v) is 3.75. The molecule has 15 heavy (non-hydrogen) atoms. The lowest BCUT2D eigenvalue weighted by atomic mass is 10.1. The Kier molecular flexibility index (Phi) is 4.30. The second kappa shape index (κ2) is 5.50. The van der Waals surface area contributed by atoms with Gasteiger partial charge < -0.3 is 15.6 Å². The zero-order valence-electron chi connectivity index (χ0n) is 9.12. The number of carbonyl (C=O) groups excluding carboxylic acids is 1. The fourth-order valence-corrected chi connectivity index (χ4v) is 1.13. The lowest BCUT2D eigenvalue weighted by Gasteiger charge is -2.06. The van der Waals surface area contributed by atoms with E-state index in [0.29, 0.717) is 30.5 Å². The Labute approximate surface area is 89.0 Å². The Morgan fingerprint density at radius 1 is 1.73 bits per heavy atom. The first-order valence-corrected chi connectivity index (χ1v) is 5.05. The second-order valence-electron chi connectivity index (χ2n) is 3.75. The Morgan fingerprint density at radius 3 is 3.00 bits per heavy atom. The van der Waals surface area contributed by atoms with Gasteiger partial charge in [-0.2, -0.15) is 0 Å². The first-order chi connectivity index (χ1) is 7.11. The molecule has 3 N–H and O–H groups in total. The summed E-state index contributed by atoms with van der Waals surface area (Å²) in [5.41, 5.74) is 5.46. The van der Waals surface area contributed by atoms with E-state index in [0.717, 1.165) is 6.42 Å². The number of anilines is 1. The van der Waals surface area contributed by atoms with Crippen LogP contribution in [0.15, 0.2) is 10.6 Å². The van der Waals surface area contributed by atoms with Gasteiger partial charge in [-0.15, -0.1) is 0 Å². The molecule has 1 aromatic rings. The van der Waals surface area contributed by atoms with Crippen LogP contribution < -0.4 is 11.1 Å². The number of nitrogens with one attached hydrogen (secondary N) is 1. The number of hydrogen-bond donors (Lipinski definition) is 2. The van der Waals surface area contributed by atoms with E-state index in [1.54, 1.807) is 13.0 Å². The quantitative estimate of drug-likeness (QED) is 0.769. The number of hydrogen-bond acceptors (Lipinski definition) is 4.